The van der Waals surface area contributed by atoms with Crippen molar-refractivity contribution in [2.24, 2.45) is 10.3 Å². The van der Waals surface area contributed by atoms with Gasteiger partial charge in [0.1, 0.15) is 0 Å². The number of sulfonamides is 2. The molecule has 0 aromatic heterocycles. The van der Waals surface area contributed by atoms with Crippen LogP contribution in [0.3, 0.4) is 0 Å². The molecule has 4 N–H and O–H groups in total. The quantitative estimate of drug-likeness (QED) is 0.384. The highest BCUT2D eigenvalue weighted by molar-refractivity contribution is 7.89. The molecule has 0 heterocycles. The van der Waals surface area contributed by atoms with E-state index in [9.17, 15) is 26.4 Å². The molecule has 196 valence electrons. The standard InChI is InChI=1S/C24H32N4O6S2/c1-27(2)11-5-7-15-13-20-21(18(8-6-12-28(3)4)24(15)36(26,33)34)23(30)19-14-16(35(25,31)32)9-10-17(19)22(20)29/h9-10,13-14H,5-8,11-12H2,1-4H3,(H2,25,31,32)(H2,26,33,34). The van der Waals surface area contributed by atoms with E-state index in [2.05, 4.69) is 0 Å². The Balaban J connectivity index is 2.30. The summed E-state index contributed by atoms with van der Waals surface area (Å²) >= 11 is 0. The molecule has 0 saturated carbocycles. The minimum absolute atomic E-state index is 0.0433. The van der Waals surface area contributed by atoms with Gasteiger partial charge in [-0.1, -0.05) is 0 Å². The van der Waals surface area contributed by atoms with Gasteiger partial charge in [0, 0.05) is 22.3 Å². The van der Waals surface area contributed by atoms with Crippen molar-refractivity contribution in [2.75, 3.05) is 41.3 Å². The second-order valence-electron chi connectivity index (χ2n) is 9.54. The third kappa shape index (κ3) is 5.90. The second-order valence-corrected chi connectivity index (χ2v) is 12.6. The first kappa shape index (κ1) is 28.1. The number of nitrogens with zero attached hydrogens (tertiary/aromatic N) is 2. The predicted octanol–water partition coefficient (Wildman–Crippen LogP) is 0.745. The number of primary sulfonamides is 2. The molecule has 0 fully saturated rings. The van der Waals surface area contributed by atoms with Gasteiger partial charge in [-0.25, -0.2) is 27.1 Å². The molecule has 1 aliphatic rings. The van der Waals surface area contributed by atoms with Crippen LogP contribution in [-0.4, -0.2) is 79.5 Å². The molecular weight excluding hydrogens is 504 g/mol. The normalized spacial score (nSPS) is 13.9. The van der Waals surface area contributed by atoms with Crippen molar-refractivity contribution in [1.29, 1.82) is 0 Å². The van der Waals surface area contributed by atoms with Gasteiger partial charge in [-0.3, -0.25) is 9.59 Å². The Hall–Kier alpha value is -2.48. The Morgan fingerprint density at radius 2 is 1.31 bits per heavy atom. The molecule has 10 nitrogen and oxygen atoms in total. The summed E-state index contributed by atoms with van der Waals surface area (Å²) in [5.41, 5.74) is 0.557. The van der Waals surface area contributed by atoms with Crippen molar-refractivity contribution in [3.63, 3.8) is 0 Å². The SMILES string of the molecule is CN(C)CCCc1cc2c(c(CCCN(C)C)c1S(N)(=O)=O)C(=O)c1cc(S(N)(=O)=O)ccc1C2=O. The van der Waals surface area contributed by atoms with Gasteiger partial charge in [0.25, 0.3) is 0 Å². The molecule has 0 saturated heterocycles. The first-order valence-electron chi connectivity index (χ1n) is 11.4. The smallest absolute Gasteiger partial charge is 0.238 e. The maximum atomic E-state index is 13.7. The largest absolute Gasteiger partial charge is 0.309 e. The maximum absolute atomic E-state index is 13.7. The van der Waals surface area contributed by atoms with Gasteiger partial charge in [0.05, 0.1) is 9.79 Å². The highest BCUT2D eigenvalue weighted by atomic mass is 32.2. The van der Waals surface area contributed by atoms with Crippen LogP contribution in [0.2, 0.25) is 0 Å². The average molecular weight is 537 g/mol. The van der Waals surface area contributed by atoms with Gasteiger partial charge in [-0.05, 0) is 102 Å². The van der Waals surface area contributed by atoms with E-state index in [4.69, 9.17) is 10.3 Å². The number of aryl methyl sites for hydroxylation is 1. The van der Waals surface area contributed by atoms with Gasteiger partial charge >= 0.3 is 0 Å². The molecule has 0 unspecified atom stereocenters. The molecule has 0 aliphatic heterocycles. The summed E-state index contributed by atoms with van der Waals surface area (Å²) in [6.45, 7) is 1.29. The van der Waals surface area contributed by atoms with Gasteiger partial charge in [-0.2, -0.15) is 0 Å². The zero-order chi connectivity index (χ0) is 27.0. The molecule has 36 heavy (non-hydrogen) atoms. The third-order valence-electron chi connectivity index (χ3n) is 6.10. The van der Waals surface area contributed by atoms with Crippen molar-refractivity contribution in [3.8, 4) is 0 Å². The molecule has 0 bridgehead atoms. The van der Waals surface area contributed by atoms with Gasteiger partial charge in [0.2, 0.25) is 20.0 Å². The van der Waals surface area contributed by atoms with Crippen LogP contribution >= 0.6 is 0 Å². The Kier molecular flexibility index (Phi) is 8.18. The van der Waals surface area contributed by atoms with Crippen LogP contribution in [0.25, 0.3) is 0 Å². The van der Waals surface area contributed by atoms with E-state index >= 15 is 0 Å². The minimum Gasteiger partial charge on any atom is -0.309 e. The molecule has 0 amide bonds. The lowest BCUT2D eigenvalue weighted by molar-refractivity contribution is 0.0977. The monoisotopic (exact) mass is 536 g/mol. The number of nitrogens with two attached hydrogens (primary N) is 2. The van der Waals surface area contributed by atoms with E-state index in [0.717, 1.165) is 6.07 Å². The van der Waals surface area contributed by atoms with Crippen molar-refractivity contribution in [2.45, 2.75) is 35.5 Å². The number of benzene rings is 2. The van der Waals surface area contributed by atoms with E-state index < -0.39 is 31.6 Å². The van der Waals surface area contributed by atoms with Crippen LogP contribution in [0.15, 0.2) is 34.1 Å². The molecule has 1 aliphatic carbocycles. The molecule has 12 heteroatoms. The van der Waals surface area contributed by atoms with Crippen molar-refractivity contribution >= 4 is 31.6 Å². The van der Waals surface area contributed by atoms with Crippen LogP contribution in [0.5, 0.6) is 0 Å². The highest BCUT2D eigenvalue weighted by Gasteiger charge is 2.36. The van der Waals surface area contributed by atoms with E-state index in [-0.39, 0.29) is 44.0 Å². The summed E-state index contributed by atoms with van der Waals surface area (Å²) in [4.78, 5) is 30.7. The molecular formula is C24H32N4O6S2. The van der Waals surface area contributed by atoms with Crippen molar-refractivity contribution in [3.05, 3.63) is 57.6 Å². The fourth-order valence-electron chi connectivity index (χ4n) is 4.52. The number of hydrogen-bond acceptors (Lipinski definition) is 8. The lowest BCUT2D eigenvalue weighted by atomic mass is 9.79. The third-order valence-corrected chi connectivity index (χ3v) is 8.09. The van der Waals surface area contributed by atoms with Crippen LogP contribution in [0, 0.1) is 0 Å². The number of ketones is 2. The van der Waals surface area contributed by atoms with Crippen LogP contribution in [0.1, 0.15) is 55.8 Å². The van der Waals surface area contributed by atoms with Crippen molar-refractivity contribution in [1.82, 2.24) is 9.80 Å². The minimum atomic E-state index is -4.26. The summed E-state index contributed by atoms with van der Waals surface area (Å²) in [7, 11) is -0.855. The lowest BCUT2D eigenvalue weighted by Gasteiger charge is -2.25. The number of fused-ring (bicyclic) bond motifs is 2. The molecule has 0 atom stereocenters. The van der Waals surface area contributed by atoms with E-state index in [1.807, 2.05) is 38.0 Å². The molecule has 0 radical (unpaired) electrons. The van der Waals surface area contributed by atoms with Gasteiger partial charge in [0.15, 0.2) is 11.6 Å². The van der Waals surface area contributed by atoms with E-state index in [1.165, 1.54) is 18.2 Å². The first-order valence-corrected chi connectivity index (χ1v) is 14.5. The van der Waals surface area contributed by atoms with Crippen LogP contribution in [-0.2, 0) is 32.9 Å². The summed E-state index contributed by atoms with van der Waals surface area (Å²) < 4.78 is 49.4. The number of rotatable bonds is 10. The molecule has 2 aromatic rings. The summed E-state index contributed by atoms with van der Waals surface area (Å²) in [6, 6.07) is 4.97. The summed E-state index contributed by atoms with van der Waals surface area (Å²) in [5.74, 6) is -1.11. The Morgan fingerprint density at radius 3 is 1.83 bits per heavy atom. The fraction of sp³-hybridized carbons (Fsp3) is 0.417. The van der Waals surface area contributed by atoms with Gasteiger partial charge in [-0.15, -0.1) is 0 Å². The zero-order valence-corrected chi connectivity index (χ0v) is 22.5. The summed E-state index contributed by atoms with van der Waals surface area (Å²) in [5, 5.41) is 10.9. The summed E-state index contributed by atoms with van der Waals surface area (Å²) in [6.07, 6.45) is 1.66. The average Bonchev–Trinajstić information content (AvgIpc) is 2.74. The highest BCUT2D eigenvalue weighted by Crippen LogP contribution is 2.36. The fourth-order valence-corrected chi connectivity index (χ4v) is 6.14. The molecule has 3 rings (SSSR count). The number of carbonyl (C=O) groups is 2. The van der Waals surface area contributed by atoms with Gasteiger partial charge < -0.3 is 9.80 Å². The maximum Gasteiger partial charge on any atom is 0.238 e. The zero-order valence-electron chi connectivity index (χ0n) is 20.9. The Labute approximate surface area is 212 Å². The Morgan fingerprint density at radius 1 is 0.722 bits per heavy atom. The molecule has 0 spiro atoms. The topological polar surface area (TPSA) is 161 Å². The number of carbonyl (C=O) groups excluding carboxylic acids is 2. The number of hydrogen-bond donors (Lipinski definition) is 2. The van der Waals surface area contributed by atoms with E-state index in [1.54, 1.807) is 0 Å². The first-order chi connectivity index (χ1) is 16.6. The molecule has 2 aromatic carbocycles. The van der Waals surface area contributed by atoms with Crippen molar-refractivity contribution < 1.29 is 26.4 Å². The van der Waals surface area contributed by atoms with E-state index in [0.29, 0.717) is 37.9 Å². The Bertz CT molecular complexity index is 1430. The lowest BCUT2D eigenvalue weighted by Crippen LogP contribution is -2.28. The second kappa shape index (κ2) is 10.5. The van der Waals surface area contributed by atoms with Crippen LogP contribution in [0.4, 0.5) is 0 Å². The predicted molar refractivity (Wildman–Crippen MR) is 136 cm³/mol. The van der Waals surface area contributed by atoms with Crippen LogP contribution < -0.4 is 10.3 Å².